The third-order valence-electron chi connectivity index (χ3n) is 4.18. The van der Waals surface area contributed by atoms with Crippen molar-refractivity contribution in [2.45, 2.75) is 32.6 Å². The van der Waals surface area contributed by atoms with E-state index in [2.05, 4.69) is 5.32 Å². The molecule has 6 heteroatoms. The molecule has 0 aliphatic carbocycles. The highest BCUT2D eigenvalue weighted by Crippen LogP contribution is 2.44. The zero-order valence-electron chi connectivity index (χ0n) is 13.7. The minimum absolute atomic E-state index is 0.0666. The van der Waals surface area contributed by atoms with Gasteiger partial charge >= 0.3 is 11.8 Å². The molecule has 0 bridgehead atoms. The molecule has 0 spiro atoms. The van der Waals surface area contributed by atoms with E-state index in [1.807, 2.05) is 26.8 Å². The van der Waals surface area contributed by atoms with Crippen LogP contribution in [0.15, 0.2) is 18.2 Å². The van der Waals surface area contributed by atoms with E-state index in [-0.39, 0.29) is 17.9 Å². The maximum atomic E-state index is 12.5. The smallest absolute Gasteiger partial charge is 0.316 e. The Bertz CT molecular complexity index is 616. The summed E-state index contributed by atoms with van der Waals surface area (Å²) in [5.41, 5.74) is 1.30. The number of anilines is 1. The Labute approximate surface area is 141 Å². The van der Waals surface area contributed by atoms with E-state index in [1.165, 1.54) is 4.90 Å². The molecule has 0 saturated carbocycles. The maximum Gasteiger partial charge on any atom is 0.316 e. The fourth-order valence-corrected chi connectivity index (χ4v) is 3.36. The Balaban J connectivity index is 2.13. The summed E-state index contributed by atoms with van der Waals surface area (Å²) in [6.07, 6.45) is 0.587. The lowest BCUT2D eigenvalue weighted by Gasteiger charge is -2.21. The average Bonchev–Trinajstić information content (AvgIpc) is 2.77. The first kappa shape index (κ1) is 17.8. The SMILES string of the molecule is CC(CCO)CNC(=O)C(=O)N1CC(C)(C)c2c(Cl)cccc21. The third kappa shape index (κ3) is 3.67. The molecule has 1 heterocycles. The minimum Gasteiger partial charge on any atom is -0.396 e. The van der Waals surface area contributed by atoms with Gasteiger partial charge in [-0.05, 0) is 24.5 Å². The number of hydrogen-bond acceptors (Lipinski definition) is 3. The van der Waals surface area contributed by atoms with Gasteiger partial charge in [0.15, 0.2) is 0 Å². The van der Waals surface area contributed by atoms with Crippen LogP contribution in [0.2, 0.25) is 5.02 Å². The number of amides is 2. The van der Waals surface area contributed by atoms with E-state index in [9.17, 15) is 9.59 Å². The van der Waals surface area contributed by atoms with Crippen molar-refractivity contribution in [3.8, 4) is 0 Å². The van der Waals surface area contributed by atoms with Gasteiger partial charge in [-0.25, -0.2) is 0 Å². The number of nitrogens with one attached hydrogen (secondary N) is 1. The number of carbonyl (C=O) groups is 2. The summed E-state index contributed by atoms with van der Waals surface area (Å²) in [5.74, 6) is -1.08. The van der Waals surface area contributed by atoms with Crippen molar-refractivity contribution >= 4 is 29.1 Å². The van der Waals surface area contributed by atoms with E-state index in [4.69, 9.17) is 16.7 Å². The number of nitrogens with zero attached hydrogens (tertiary/aromatic N) is 1. The van der Waals surface area contributed by atoms with Crippen molar-refractivity contribution < 1.29 is 14.7 Å². The highest BCUT2D eigenvalue weighted by atomic mass is 35.5. The van der Waals surface area contributed by atoms with Crippen LogP contribution in [0.3, 0.4) is 0 Å². The summed E-state index contributed by atoms with van der Waals surface area (Å²) in [4.78, 5) is 26.1. The molecule has 0 saturated heterocycles. The number of halogens is 1. The number of fused-ring (bicyclic) bond motifs is 1. The fourth-order valence-electron chi connectivity index (χ4n) is 2.94. The summed E-state index contributed by atoms with van der Waals surface area (Å²) < 4.78 is 0. The predicted molar refractivity (Wildman–Crippen MR) is 90.7 cm³/mol. The molecule has 1 aliphatic rings. The minimum atomic E-state index is -0.626. The second-order valence-electron chi connectivity index (χ2n) is 6.74. The average molecular weight is 339 g/mol. The Morgan fingerprint density at radius 1 is 1.43 bits per heavy atom. The van der Waals surface area contributed by atoms with Gasteiger partial charge in [-0.1, -0.05) is 38.4 Å². The van der Waals surface area contributed by atoms with Crippen molar-refractivity contribution in [1.29, 1.82) is 0 Å². The summed E-state index contributed by atoms with van der Waals surface area (Å²) >= 11 is 6.28. The van der Waals surface area contributed by atoms with Gasteiger partial charge in [0.2, 0.25) is 0 Å². The number of benzene rings is 1. The summed E-state index contributed by atoms with van der Waals surface area (Å²) in [5, 5.41) is 12.1. The second-order valence-corrected chi connectivity index (χ2v) is 7.14. The van der Waals surface area contributed by atoms with Crippen LogP contribution < -0.4 is 10.2 Å². The van der Waals surface area contributed by atoms with E-state index in [0.29, 0.717) is 30.2 Å². The molecule has 1 aliphatic heterocycles. The van der Waals surface area contributed by atoms with Crippen LogP contribution in [0.1, 0.15) is 32.8 Å². The van der Waals surface area contributed by atoms with Crippen LogP contribution in [-0.2, 0) is 15.0 Å². The number of rotatable bonds is 4. The molecule has 0 aromatic heterocycles. The van der Waals surface area contributed by atoms with Gasteiger partial charge in [-0.2, -0.15) is 0 Å². The van der Waals surface area contributed by atoms with Crippen LogP contribution >= 0.6 is 11.6 Å². The predicted octanol–water partition coefficient (Wildman–Crippen LogP) is 2.10. The summed E-state index contributed by atoms with van der Waals surface area (Å²) in [6, 6.07) is 5.40. The number of carbonyl (C=O) groups excluding carboxylic acids is 2. The van der Waals surface area contributed by atoms with Crippen molar-refractivity contribution in [3.63, 3.8) is 0 Å². The normalized spacial score (nSPS) is 16.8. The molecule has 126 valence electrons. The van der Waals surface area contributed by atoms with E-state index in [1.54, 1.807) is 12.1 Å². The molecular weight excluding hydrogens is 316 g/mol. The first-order chi connectivity index (χ1) is 10.8. The highest BCUT2D eigenvalue weighted by Gasteiger charge is 2.41. The molecule has 1 aromatic rings. The van der Waals surface area contributed by atoms with Crippen molar-refractivity contribution in [2.75, 3.05) is 24.6 Å². The van der Waals surface area contributed by atoms with Gasteiger partial charge in [-0.3, -0.25) is 9.59 Å². The Kier molecular flexibility index (Phi) is 5.32. The van der Waals surface area contributed by atoms with E-state index in [0.717, 1.165) is 5.56 Å². The van der Waals surface area contributed by atoms with Gasteiger partial charge < -0.3 is 15.3 Å². The molecule has 5 nitrogen and oxygen atoms in total. The Hall–Kier alpha value is -1.59. The van der Waals surface area contributed by atoms with Gasteiger partial charge in [-0.15, -0.1) is 0 Å². The first-order valence-electron chi connectivity index (χ1n) is 7.77. The Morgan fingerprint density at radius 2 is 2.13 bits per heavy atom. The molecule has 0 fully saturated rings. The largest absolute Gasteiger partial charge is 0.396 e. The molecule has 23 heavy (non-hydrogen) atoms. The summed E-state index contributed by atoms with van der Waals surface area (Å²) in [6.45, 7) is 6.78. The molecule has 0 radical (unpaired) electrons. The lowest BCUT2D eigenvalue weighted by molar-refractivity contribution is -0.137. The lowest BCUT2D eigenvalue weighted by Crippen LogP contribution is -2.45. The molecule has 2 N–H and O–H groups in total. The van der Waals surface area contributed by atoms with Gasteiger partial charge in [0, 0.05) is 41.4 Å². The van der Waals surface area contributed by atoms with Crippen molar-refractivity contribution in [1.82, 2.24) is 5.32 Å². The molecule has 2 rings (SSSR count). The van der Waals surface area contributed by atoms with Gasteiger partial charge in [0.25, 0.3) is 0 Å². The quantitative estimate of drug-likeness (QED) is 0.826. The fraction of sp³-hybridized carbons (Fsp3) is 0.529. The van der Waals surface area contributed by atoms with Crippen LogP contribution in [0.25, 0.3) is 0 Å². The first-order valence-corrected chi connectivity index (χ1v) is 8.15. The standard InChI is InChI=1S/C17H23ClN2O3/c1-11(7-8-21)9-19-15(22)16(23)20-10-17(2,3)14-12(18)5-4-6-13(14)20/h4-6,11,21H,7-10H2,1-3H3,(H,19,22). The van der Waals surface area contributed by atoms with E-state index >= 15 is 0 Å². The van der Waals surface area contributed by atoms with Crippen LogP contribution in [0.5, 0.6) is 0 Å². The van der Waals surface area contributed by atoms with Crippen LogP contribution in [0.4, 0.5) is 5.69 Å². The second kappa shape index (κ2) is 6.89. The Morgan fingerprint density at radius 3 is 2.78 bits per heavy atom. The number of hydrogen-bond donors (Lipinski definition) is 2. The van der Waals surface area contributed by atoms with Gasteiger partial charge in [0.05, 0.1) is 0 Å². The van der Waals surface area contributed by atoms with Crippen molar-refractivity contribution in [2.24, 2.45) is 5.92 Å². The van der Waals surface area contributed by atoms with Crippen LogP contribution in [-0.4, -0.2) is 36.6 Å². The summed E-state index contributed by atoms with van der Waals surface area (Å²) in [7, 11) is 0. The van der Waals surface area contributed by atoms with Crippen molar-refractivity contribution in [3.05, 3.63) is 28.8 Å². The topological polar surface area (TPSA) is 69.6 Å². The lowest BCUT2D eigenvalue weighted by atomic mass is 9.87. The molecule has 1 atom stereocenters. The van der Waals surface area contributed by atoms with Crippen LogP contribution in [0, 0.1) is 5.92 Å². The number of aliphatic hydroxyl groups is 1. The van der Waals surface area contributed by atoms with Gasteiger partial charge in [0.1, 0.15) is 0 Å². The number of aliphatic hydroxyl groups excluding tert-OH is 1. The monoisotopic (exact) mass is 338 g/mol. The maximum absolute atomic E-state index is 12.5. The molecule has 1 unspecified atom stereocenters. The highest BCUT2D eigenvalue weighted by molar-refractivity contribution is 6.41. The molecule has 1 aromatic carbocycles. The third-order valence-corrected chi connectivity index (χ3v) is 4.50. The van der Waals surface area contributed by atoms with E-state index < -0.39 is 11.8 Å². The molecular formula is C17H23ClN2O3. The molecule has 2 amide bonds. The zero-order chi connectivity index (χ0) is 17.2. The zero-order valence-corrected chi connectivity index (χ0v) is 14.5.